The van der Waals surface area contributed by atoms with Gasteiger partial charge in [-0.05, 0) is 56.7 Å². The number of fused-ring (bicyclic) bond motifs is 1. The van der Waals surface area contributed by atoms with Crippen LogP contribution in [0.4, 0.5) is 0 Å². The van der Waals surface area contributed by atoms with Gasteiger partial charge < -0.3 is 24.3 Å². The molecule has 1 heterocycles. The van der Waals surface area contributed by atoms with Crippen LogP contribution >= 0.6 is 0 Å². The lowest BCUT2D eigenvalue weighted by atomic mass is 9.71. The summed E-state index contributed by atoms with van der Waals surface area (Å²) in [5, 5.41) is 3.33. The Labute approximate surface area is 195 Å². The SMILES string of the molecule is COc1cc(C2C(C(=O)OC3CCCCC3)=C(C)NC3=CCCC(=O)C32)cc(OC)c1OC. The normalized spacial score (nSPS) is 23.3. The topological polar surface area (TPSA) is 83.1 Å². The third-order valence-corrected chi connectivity index (χ3v) is 6.91. The molecule has 0 amide bonds. The van der Waals surface area contributed by atoms with Gasteiger partial charge in [-0.1, -0.05) is 12.5 Å². The lowest BCUT2D eigenvalue weighted by Gasteiger charge is -2.38. The predicted molar refractivity (Wildman–Crippen MR) is 123 cm³/mol. The minimum atomic E-state index is -0.505. The van der Waals surface area contributed by atoms with Crippen LogP contribution in [-0.4, -0.2) is 39.2 Å². The van der Waals surface area contributed by atoms with Gasteiger partial charge in [-0.2, -0.15) is 0 Å². The summed E-state index contributed by atoms with van der Waals surface area (Å²) >= 11 is 0. The summed E-state index contributed by atoms with van der Waals surface area (Å²) in [6, 6.07) is 3.66. The van der Waals surface area contributed by atoms with Gasteiger partial charge in [0.15, 0.2) is 11.5 Å². The van der Waals surface area contributed by atoms with Crippen molar-refractivity contribution < 1.29 is 28.5 Å². The van der Waals surface area contributed by atoms with Gasteiger partial charge >= 0.3 is 5.97 Å². The molecule has 0 aromatic heterocycles. The zero-order chi connectivity index (χ0) is 23.5. The molecule has 1 aromatic carbocycles. The monoisotopic (exact) mass is 455 g/mol. The second-order valence-electron chi connectivity index (χ2n) is 8.91. The molecule has 1 N–H and O–H groups in total. The maximum Gasteiger partial charge on any atom is 0.336 e. The fourth-order valence-corrected chi connectivity index (χ4v) is 5.32. The number of carbonyl (C=O) groups excluding carboxylic acids is 2. The maximum absolute atomic E-state index is 13.5. The summed E-state index contributed by atoms with van der Waals surface area (Å²) in [7, 11) is 4.66. The standard InChI is InChI=1S/C26H33NO6/c1-15-22(26(29)33-17-9-6-5-7-10-17)23(24-18(27-15)11-8-12-19(24)28)16-13-20(30-2)25(32-4)21(14-16)31-3/h11,13-14,17,23-24,27H,5-10,12H2,1-4H3. The summed E-state index contributed by atoms with van der Waals surface area (Å²) in [4.78, 5) is 26.7. The lowest BCUT2D eigenvalue weighted by molar-refractivity contribution is -0.146. The summed E-state index contributed by atoms with van der Waals surface area (Å²) in [5.74, 6) is 0.190. The van der Waals surface area contributed by atoms with Crippen LogP contribution in [0, 0.1) is 5.92 Å². The van der Waals surface area contributed by atoms with Crippen LogP contribution in [0.25, 0.3) is 0 Å². The van der Waals surface area contributed by atoms with Crippen LogP contribution < -0.4 is 19.5 Å². The number of benzene rings is 1. The first kappa shape index (κ1) is 23.2. The molecule has 7 heteroatoms. The average Bonchev–Trinajstić information content (AvgIpc) is 2.82. The number of Topliss-reactive ketones (excluding diaryl/α,β-unsaturated/α-hetero) is 1. The van der Waals surface area contributed by atoms with E-state index in [1.165, 1.54) is 6.42 Å². The van der Waals surface area contributed by atoms with E-state index in [1.807, 2.05) is 19.1 Å². The molecule has 2 atom stereocenters. The summed E-state index contributed by atoms with van der Waals surface area (Å²) in [5.41, 5.74) is 2.81. The first-order valence-electron chi connectivity index (χ1n) is 11.7. The van der Waals surface area contributed by atoms with Crippen molar-refractivity contribution in [3.8, 4) is 17.2 Å². The van der Waals surface area contributed by atoms with Crippen LogP contribution in [0.15, 0.2) is 35.2 Å². The van der Waals surface area contributed by atoms with Gasteiger partial charge in [0.1, 0.15) is 11.9 Å². The first-order chi connectivity index (χ1) is 16.0. The van der Waals surface area contributed by atoms with E-state index in [4.69, 9.17) is 18.9 Å². The van der Waals surface area contributed by atoms with E-state index in [9.17, 15) is 9.59 Å². The number of hydrogen-bond acceptors (Lipinski definition) is 7. The summed E-state index contributed by atoms with van der Waals surface area (Å²) < 4.78 is 22.6. The van der Waals surface area contributed by atoms with E-state index in [0.29, 0.717) is 41.4 Å². The Kier molecular flexibility index (Phi) is 6.96. The van der Waals surface area contributed by atoms with Gasteiger partial charge in [-0.3, -0.25) is 4.79 Å². The van der Waals surface area contributed by atoms with Crippen molar-refractivity contribution in [2.75, 3.05) is 21.3 Å². The molecule has 3 aliphatic rings. The molecule has 1 fully saturated rings. The second-order valence-corrected chi connectivity index (χ2v) is 8.91. The van der Waals surface area contributed by atoms with E-state index in [2.05, 4.69) is 11.4 Å². The highest BCUT2D eigenvalue weighted by Crippen LogP contribution is 2.48. The quantitative estimate of drug-likeness (QED) is 0.636. The Morgan fingerprint density at radius 1 is 0.970 bits per heavy atom. The third kappa shape index (κ3) is 4.45. The van der Waals surface area contributed by atoms with Gasteiger partial charge in [0.05, 0.1) is 32.8 Å². The van der Waals surface area contributed by atoms with Gasteiger partial charge in [0.2, 0.25) is 5.75 Å². The van der Waals surface area contributed by atoms with Crippen molar-refractivity contribution in [2.24, 2.45) is 5.92 Å². The number of hydrogen-bond donors (Lipinski definition) is 1. The van der Waals surface area contributed by atoms with Crippen LogP contribution in [0.3, 0.4) is 0 Å². The predicted octanol–water partition coefficient (Wildman–Crippen LogP) is 4.41. The molecule has 178 valence electrons. The van der Waals surface area contributed by atoms with Crippen molar-refractivity contribution in [3.63, 3.8) is 0 Å². The number of carbonyl (C=O) groups is 2. The zero-order valence-corrected chi connectivity index (χ0v) is 19.9. The maximum atomic E-state index is 13.5. The molecule has 7 nitrogen and oxygen atoms in total. The van der Waals surface area contributed by atoms with E-state index < -0.39 is 11.8 Å². The molecule has 33 heavy (non-hydrogen) atoms. The largest absolute Gasteiger partial charge is 0.493 e. The number of methoxy groups -OCH3 is 3. The molecule has 1 aromatic rings. The smallest absolute Gasteiger partial charge is 0.336 e. The van der Waals surface area contributed by atoms with Gasteiger partial charge in [0.25, 0.3) is 0 Å². The minimum Gasteiger partial charge on any atom is -0.493 e. The zero-order valence-electron chi connectivity index (χ0n) is 19.9. The number of ether oxygens (including phenoxy) is 4. The molecule has 2 unspecified atom stereocenters. The average molecular weight is 456 g/mol. The molecular weight excluding hydrogens is 422 g/mol. The van der Waals surface area contributed by atoms with Crippen LogP contribution in [0.1, 0.15) is 63.4 Å². The highest BCUT2D eigenvalue weighted by molar-refractivity contribution is 5.96. The van der Waals surface area contributed by atoms with Crippen molar-refractivity contribution >= 4 is 11.8 Å². The van der Waals surface area contributed by atoms with Gasteiger partial charge in [-0.25, -0.2) is 4.79 Å². The van der Waals surface area contributed by atoms with E-state index in [0.717, 1.165) is 36.9 Å². The fourth-order valence-electron chi connectivity index (χ4n) is 5.32. The second kappa shape index (κ2) is 9.89. The molecule has 4 rings (SSSR count). The van der Waals surface area contributed by atoms with E-state index in [1.54, 1.807) is 21.3 Å². The van der Waals surface area contributed by atoms with Crippen LogP contribution in [0.2, 0.25) is 0 Å². The minimum absolute atomic E-state index is 0.0777. The van der Waals surface area contributed by atoms with Crippen LogP contribution in [0.5, 0.6) is 17.2 Å². The highest BCUT2D eigenvalue weighted by Gasteiger charge is 2.44. The molecule has 2 aliphatic carbocycles. The van der Waals surface area contributed by atoms with Crippen molar-refractivity contribution in [2.45, 2.75) is 63.9 Å². The van der Waals surface area contributed by atoms with Gasteiger partial charge in [-0.15, -0.1) is 0 Å². The number of rotatable bonds is 6. The number of allylic oxidation sites excluding steroid dienone is 3. The van der Waals surface area contributed by atoms with Crippen molar-refractivity contribution in [3.05, 3.63) is 40.7 Å². The lowest BCUT2D eigenvalue weighted by Crippen LogP contribution is -2.41. The van der Waals surface area contributed by atoms with Crippen molar-refractivity contribution in [1.29, 1.82) is 0 Å². The van der Waals surface area contributed by atoms with E-state index >= 15 is 0 Å². The van der Waals surface area contributed by atoms with Crippen LogP contribution in [-0.2, 0) is 14.3 Å². The Balaban J connectivity index is 1.82. The summed E-state index contributed by atoms with van der Waals surface area (Å²) in [6.45, 7) is 1.87. The highest BCUT2D eigenvalue weighted by atomic mass is 16.5. The molecule has 1 saturated carbocycles. The Hall–Kier alpha value is -2.96. The first-order valence-corrected chi connectivity index (χ1v) is 11.7. The van der Waals surface area contributed by atoms with Crippen molar-refractivity contribution in [1.82, 2.24) is 5.32 Å². The summed E-state index contributed by atoms with van der Waals surface area (Å²) in [6.07, 6.45) is 8.19. The number of ketones is 1. The number of esters is 1. The Morgan fingerprint density at radius 2 is 1.64 bits per heavy atom. The molecular formula is C26H33NO6. The molecule has 0 spiro atoms. The third-order valence-electron chi connectivity index (χ3n) is 6.91. The molecule has 0 radical (unpaired) electrons. The van der Waals surface area contributed by atoms with Gasteiger partial charge in [0, 0.05) is 23.7 Å². The molecule has 1 aliphatic heterocycles. The fraction of sp³-hybridized carbons (Fsp3) is 0.538. The Bertz CT molecular complexity index is 963. The molecule has 0 bridgehead atoms. The Morgan fingerprint density at radius 3 is 2.24 bits per heavy atom. The molecule has 0 saturated heterocycles. The number of nitrogens with one attached hydrogen (secondary N) is 1. The van der Waals surface area contributed by atoms with E-state index in [-0.39, 0.29) is 17.9 Å².